The van der Waals surface area contributed by atoms with Crippen LogP contribution < -0.4 is 15.6 Å². The third kappa shape index (κ3) is 4.81. The largest absolute Gasteiger partial charge is 0.477 e. The average molecular weight is 606 g/mol. The number of carboxylic acids is 1. The molecule has 0 amide bonds. The summed E-state index contributed by atoms with van der Waals surface area (Å²) >= 11 is 0. The Morgan fingerprint density at radius 3 is 2.59 bits per heavy atom. The van der Waals surface area contributed by atoms with E-state index in [9.17, 15) is 19.1 Å². The lowest BCUT2D eigenvalue weighted by Crippen LogP contribution is -2.36. The molecule has 1 atom stereocenters. The number of rotatable bonds is 8. The van der Waals surface area contributed by atoms with Gasteiger partial charge in [-0.2, -0.15) is 0 Å². The van der Waals surface area contributed by atoms with Crippen LogP contribution in [0.5, 0.6) is 0 Å². The Labute approximate surface area is 251 Å². The number of hydrogen-bond acceptors (Lipinski definition) is 8. The summed E-state index contributed by atoms with van der Waals surface area (Å²) in [6.07, 6.45) is 5.36. The summed E-state index contributed by atoms with van der Waals surface area (Å²) in [6.45, 7) is 4.28. The third-order valence-electron chi connectivity index (χ3n) is 8.42. The topological polar surface area (TPSA) is 129 Å². The van der Waals surface area contributed by atoms with Crippen molar-refractivity contribution in [1.29, 1.82) is 0 Å². The molecule has 11 nitrogen and oxygen atoms in total. The van der Waals surface area contributed by atoms with Gasteiger partial charge in [0.25, 0.3) is 0 Å². The molecule has 4 aromatic heterocycles. The molecule has 230 valence electrons. The van der Waals surface area contributed by atoms with Crippen LogP contribution in [0.25, 0.3) is 44.1 Å². The predicted molar refractivity (Wildman–Crippen MR) is 166 cm³/mol. The van der Waals surface area contributed by atoms with Crippen LogP contribution in [0.4, 0.5) is 20.2 Å². The van der Waals surface area contributed by atoms with E-state index in [0.29, 0.717) is 77.5 Å². The van der Waals surface area contributed by atoms with Gasteiger partial charge in [0, 0.05) is 68.5 Å². The van der Waals surface area contributed by atoms with E-state index < -0.39 is 23.0 Å². The van der Waals surface area contributed by atoms with E-state index in [-0.39, 0.29) is 22.4 Å². The van der Waals surface area contributed by atoms with E-state index in [4.69, 9.17) is 4.74 Å². The van der Waals surface area contributed by atoms with E-state index in [1.54, 1.807) is 30.1 Å². The number of carbonyl (C=O) groups is 1. The summed E-state index contributed by atoms with van der Waals surface area (Å²) in [7, 11) is 5.51. The van der Waals surface area contributed by atoms with Gasteiger partial charge in [-0.3, -0.25) is 4.79 Å². The van der Waals surface area contributed by atoms with E-state index in [1.807, 2.05) is 30.8 Å². The van der Waals surface area contributed by atoms with Crippen molar-refractivity contribution in [3.05, 3.63) is 58.1 Å². The number of pyridine rings is 3. The van der Waals surface area contributed by atoms with E-state index in [2.05, 4.69) is 20.3 Å². The first kappa shape index (κ1) is 29.5. The number of aromatic carboxylic acids is 1. The minimum absolute atomic E-state index is 0.0544. The summed E-state index contributed by atoms with van der Waals surface area (Å²) in [5.74, 6) is -3.34. The van der Waals surface area contributed by atoms with E-state index >= 15 is 4.39 Å². The molecule has 1 unspecified atom stereocenters. The summed E-state index contributed by atoms with van der Waals surface area (Å²) in [5.41, 5.74) is 2.06. The van der Waals surface area contributed by atoms with Gasteiger partial charge in [-0.1, -0.05) is 6.92 Å². The highest BCUT2D eigenvalue weighted by Crippen LogP contribution is 2.43. The molecule has 0 spiro atoms. The number of ether oxygens (including phenoxy) is 1. The number of halogens is 2. The lowest BCUT2D eigenvalue weighted by Gasteiger charge is -2.31. The molecule has 1 saturated heterocycles. The van der Waals surface area contributed by atoms with Crippen molar-refractivity contribution in [2.45, 2.75) is 25.9 Å². The summed E-state index contributed by atoms with van der Waals surface area (Å²) in [6, 6.07) is 2.78. The second-order valence-electron chi connectivity index (χ2n) is 11.1. The fourth-order valence-corrected chi connectivity index (χ4v) is 6.06. The standard InChI is InChI=1S/C31H33F2N7O4/c1-5-17(38(3)4)14-40-15-20(31(42)43)28(41)18-10-16(12-36-30(18)40)19-13-35-29-24(27(19)39-6-8-44-9-7-39)23-25(33)21(32)11-22(34-2)26(23)37-29/h10-13,15,17,34H,5-9,14H2,1-4H3,(H,35,37)(H,42,43). The average Bonchev–Trinajstić information content (AvgIpc) is 3.42. The number of benzene rings is 1. The Morgan fingerprint density at radius 2 is 1.93 bits per heavy atom. The zero-order valence-corrected chi connectivity index (χ0v) is 24.9. The van der Waals surface area contributed by atoms with Crippen molar-refractivity contribution < 1.29 is 23.4 Å². The third-order valence-corrected chi connectivity index (χ3v) is 8.42. The van der Waals surface area contributed by atoms with Gasteiger partial charge in [0.05, 0.1) is 46.3 Å². The minimum atomic E-state index is -1.33. The summed E-state index contributed by atoms with van der Waals surface area (Å²) in [5, 5.41) is 13.4. The zero-order chi connectivity index (χ0) is 31.3. The Hall–Kier alpha value is -4.62. The van der Waals surface area contributed by atoms with Gasteiger partial charge >= 0.3 is 5.97 Å². The second kappa shape index (κ2) is 11.5. The molecule has 0 radical (unpaired) electrons. The Balaban J connectivity index is 1.65. The molecule has 44 heavy (non-hydrogen) atoms. The Morgan fingerprint density at radius 1 is 1.18 bits per heavy atom. The quantitative estimate of drug-likeness (QED) is 0.237. The number of likely N-dealkylation sites (N-methyl/N-ethyl adjacent to an activating group) is 1. The van der Waals surface area contributed by atoms with Crippen LogP contribution in [0.15, 0.2) is 35.5 Å². The molecular formula is C31H33F2N7O4. The molecule has 3 N–H and O–H groups in total. The molecule has 5 aromatic rings. The van der Waals surface area contributed by atoms with Gasteiger partial charge in [-0.15, -0.1) is 0 Å². The maximum Gasteiger partial charge on any atom is 0.341 e. The number of fused-ring (bicyclic) bond motifs is 4. The molecule has 1 aliphatic rings. The van der Waals surface area contributed by atoms with E-state index in [1.165, 1.54) is 6.20 Å². The Bertz CT molecular complexity index is 1980. The lowest BCUT2D eigenvalue weighted by molar-refractivity contribution is 0.0694. The van der Waals surface area contributed by atoms with Gasteiger partial charge in [0.15, 0.2) is 11.6 Å². The Kier molecular flexibility index (Phi) is 7.68. The van der Waals surface area contributed by atoms with Crippen molar-refractivity contribution >= 4 is 50.3 Å². The minimum Gasteiger partial charge on any atom is -0.477 e. The summed E-state index contributed by atoms with van der Waals surface area (Å²) in [4.78, 5) is 42.1. The maximum atomic E-state index is 15.6. The first-order valence-corrected chi connectivity index (χ1v) is 14.4. The number of nitrogens with one attached hydrogen (secondary N) is 2. The monoisotopic (exact) mass is 605 g/mol. The molecule has 0 saturated carbocycles. The van der Waals surface area contributed by atoms with Crippen molar-refractivity contribution in [1.82, 2.24) is 24.4 Å². The number of aromatic amines is 1. The fourth-order valence-electron chi connectivity index (χ4n) is 6.06. The van der Waals surface area contributed by atoms with Crippen LogP contribution in [-0.2, 0) is 11.3 Å². The van der Waals surface area contributed by atoms with Gasteiger partial charge in [0.2, 0.25) is 5.43 Å². The molecule has 13 heteroatoms. The van der Waals surface area contributed by atoms with Crippen molar-refractivity contribution in [2.24, 2.45) is 0 Å². The van der Waals surface area contributed by atoms with Crippen LogP contribution in [0.3, 0.4) is 0 Å². The van der Waals surface area contributed by atoms with Crippen LogP contribution in [0, 0.1) is 11.6 Å². The van der Waals surface area contributed by atoms with E-state index in [0.717, 1.165) is 12.5 Å². The number of H-pyrrole nitrogens is 1. The predicted octanol–water partition coefficient (Wildman–Crippen LogP) is 4.29. The maximum absolute atomic E-state index is 15.6. The van der Waals surface area contributed by atoms with Gasteiger partial charge in [-0.25, -0.2) is 23.5 Å². The van der Waals surface area contributed by atoms with Crippen molar-refractivity contribution in [3.63, 3.8) is 0 Å². The number of aromatic nitrogens is 4. The highest BCUT2D eigenvalue weighted by atomic mass is 19.2. The highest BCUT2D eigenvalue weighted by molar-refractivity contribution is 6.18. The van der Waals surface area contributed by atoms with Gasteiger partial charge < -0.3 is 34.5 Å². The molecule has 1 aromatic carbocycles. The van der Waals surface area contributed by atoms with Crippen molar-refractivity contribution in [3.8, 4) is 11.1 Å². The molecule has 5 heterocycles. The molecule has 1 aliphatic heterocycles. The number of nitrogens with zero attached hydrogens (tertiary/aromatic N) is 5. The lowest BCUT2D eigenvalue weighted by atomic mass is 10.0. The summed E-state index contributed by atoms with van der Waals surface area (Å²) < 4.78 is 37.7. The van der Waals surface area contributed by atoms with Gasteiger partial charge in [-0.05, 0) is 26.6 Å². The molecular weight excluding hydrogens is 572 g/mol. The highest BCUT2D eigenvalue weighted by Gasteiger charge is 2.27. The molecule has 0 aliphatic carbocycles. The second-order valence-corrected chi connectivity index (χ2v) is 11.1. The first-order chi connectivity index (χ1) is 21.1. The van der Waals surface area contributed by atoms with Crippen molar-refractivity contribution in [2.75, 3.05) is 57.7 Å². The number of anilines is 2. The number of carboxylic acid groups (broad SMARTS) is 1. The normalized spacial score (nSPS) is 14.7. The molecule has 1 fully saturated rings. The zero-order valence-electron chi connectivity index (χ0n) is 24.9. The molecule has 0 bridgehead atoms. The SMILES string of the molecule is CCC(Cn1cc(C(=O)O)c(=O)c2cc(-c3cnc4[nH]c5c(NC)cc(F)c(F)c5c4c3N3CCOCC3)cnc21)N(C)C. The van der Waals surface area contributed by atoms with Crippen LogP contribution in [0.1, 0.15) is 23.7 Å². The van der Waals surface area contributed by atoms with Crippen LogP contribution in [-0.4, -0.2) is 89.0 Å². The smallest absolute Gasteiger partial charge is 0.341 e. The molecule has 6 rings (SSSR count). The van der Waals surface area contributed by atoms with Crippen LogP contribution in [0.2, 0.25) is 0 Å². The number of hydrogen-bond donors (Lipinski definition) is 3. The van der Waals surface area contributed by atoms with Gasteiger partial charge in [0.1, 0.15) is 16.9 Å². The first-order valence-electron chi connectivity index (χ1n) is 14.4. The fraction of sp³-hybridized carbons (Fsp3) is 0.355. The van der Waals surface area contributed by atoms with Crippen LogP contribution >= 0.6 is 0 Å². The number of morpholine rings is 1.